The van der Waals surface area contributed by atoms with Crippen molar-refractivity contribution in [3.05, 3.63) is 70.4 Å². The van der Waals surface area contributed by atoms with Crippen LogP contribution in [0.1, 0.15) is 17.4 Å². The van der Waals surface area contributed by atoms with E-state index in [0.29, 0.717) is 0 Å². The topological polar surface area (TPSA) is 26.0 Å². The quantitative estimate of drug-likeness (QED) is 0.730. The molecule has 1 aromatic heterocycles. The molecule has 2 N–H and O–H groups in total. The SMILES string of the molecule is CC(N)(c1cccs1)c1cccc2ccccc12. The van der Waals surface area contributed by atoms with Crippen LogP contribution in [0.4, 0.5) is 0 Å². The minimum atomic E-state index is -0.435. The normalized spacial score (nSPS) is 14.6. The zero-order valence-electron chi connectivity index (χ0n) is 10.3. The molecule has 2 aromatic carbocycles. The Hall–Kier alpha value is -1.64. The molecule has 0 fully saturated rings. The summed E-state index contributed by atoms with van der Waals surface area (Å²) in [6.45, 7) is 2.08. The minimum absolute atomic E-state index is 0.435. The molecule has 1 heterocycles. The van der Waals surface area contributed by atoms with Crippen molar-refractivity contribution >= 4 is 22.1 Å². The Morgan fingerprint density at radius 1 is 0.944 bits per heavy atom. The average molecular weight is 253 g/mol. The van der Waals surface area contributed by atoms with Gasteiger partial charge >= 0.3 is 0 Å². The smallest absolute Gasteiger partial charge is 0.0736 e. The molecule has 3 aromatic rings. The highest BCUT2D eigenvalue weighted by Gasteiger charge is 2.26. The minimum Gasteiger partial charge on any atom is -0.317 e. The molecule has 0 radical (unpaired) electrons. The van der Waals surface area contributed by atoms with Crippen molar-refractivity contribution in [1.82, 2.24) is 0 Å². The molecule has 0 saturated carbocycles. The molecule has 18 heavy (non-hydrogen) atoms. The Morgan fingerprint density at radius 2 is 1.72 bits per heavy atom. The molecule has 0 aliphatic carbocycles. The van der Waals surface area contributed by atoms with Crippen LogP contribution < -0.4 is 5.73 Å². The lowest BCUT2D eigenvalue weighted by Gasteiger charge is -2.25. The maximum absolute atomic E-state index is 6.58. The van der Waals surface area contributed by atoms with Crippen molar-refractivity contribution in [3.8, 4) is 0 Å². The van der Waals surface area contributed by atoms with Crippen LogP contribution in [0.15, 0.2) is 60.0 Å². The van der Waals surface area contributed by atoms with Crippen molar-refractivity contribution in [1.29, 1.82) is 0 Å². The summed E-state index contributed by atoms with van der Waals surface area (Å²) >= 11 is 1.71. The summed E-state index contributed by atoms with van der Waals surface area (Å²) < 4.78 is 0. The molecule has 0 bridgehead atoms. The third kappa shape index (κ3) is 1.74. The van der Waals surface area contributed by atoms with E-state index in [1.807, 2.05) is 0 Å². The highest BCUT2D eigenvalue weighted by Crippen LogP contribution is 2.34. The van der Waals surface area contributed by atoms with E-state index in [1.54, 1.807) is 11.3 Å². The second-order valence-electron chi connectivity index (χ2n) is 4.71. The summed E-state index contributed by atoms with van der Waals surface area (Å²) in [6.07, 6.45) is 0. The zero-order chi connectivity index (χ0) is 12.6. The average Bonchev–Trinajstić information content (AvgIpc) is 2.92. The predicted molar refractivity (Wildman–Crippen MR) is 78.9 cm³/mol. The molecule has 0 aliphatic rings. The van der Waals surface area contributed by atoms with Crippen molar-refractivity contribution in [2.24, 2.45) is 5.73 Å². The summed E-state index contributed by atoms with van der Waals surface area (Å²) in [5.41, 5.74) is 7.33. The molecule has 0 amide bonds. The molecular formula is C16H15NS. The van der Waals surface area contributed by atoms with Gasteiger partial charge in [0.05, 0.1) is 5.54 Å². The van der Waals surface area contributed by atoms with Gasteiger partial charge in [-0.25, -0.2) is 0 Å². The Balaban J connectivity index is 2.26. The molecule has 90 valence electrons. The Bertz CT molecular complexity index is 663. The molecule has 2 heteroatoms. The monoisotopic (exact) mass is 253 g/mol. The largest absolute Gasteiger partial charge is 0.317 e. The fraction of sp³-hybridized carbons (Fsp3) is 0.125. The standard InChI is InChI=1S/C16H15NS/c1-16(17,15-10-5-11-18-15)14-9-4-7-12-6-2-3-8-13(12)14/h2-11H,17H2,1H3. The first kappa shape index (κ1) is 11.5. The fourth-order valence-electron chi connectivity index (χ4n) is 2.39. The highest BCUT2D eigenvalue weighted by atomic mass is 32.1. The summed E-state index contributed by atoms with van der Waals surface area (Å²) in [4.78, 5) is 1.19. The maximum Gasteiger partial charge on any atom is 0.0736 e. The van der Waals surface area contributed by atoms with E-state index in [-0.39, 0.29) is 0 Å². The first-order valence-corrected chi connectivity index (χ1v) is 6.88. The third-order valence-corrected chi connectivity index (χ3v) is 4.49. The molecule has 3 rings (SSSR count). The van der Waals surface area contributed by atoms with Gasteiger partial charge in [0.25, 0.3) is 0 Å². The Morgan fingerprint density at radius 3 is 2.50 bits per heavy atom. The van der Waals surface area contributed by atoms with E-state index in [0.717, 1.165) is 0 Å². The first-order chi connectivity index (χ1) is 8.69. The maximum atomic E-state index is 6.58. The van der Waals surface area contributed by atoms with Crippen LogP contribution in [0, 0.1) is 0 Å². The van der Waals surface area contributed by atoms with E-state index in [9.17, 15) is 0 Å². The van der Waals surface area contributed by atoms with Gasteiger partial charge in [-0.05, 0) is 34.7 Å². The summed E-state index contributed by atoms with van der Waals surface area (Å²) in [6, 6.07) is 18.9. The van der Waals surface area contributed by atoms with Gasteiger partial charge in [0.2, 0.25) is 0 Å². The lowest BCUT2D eigenvalue weighted by molar-refractivity contribution is 0.623. The van der Waals surface area contributed by atoms with Gasteiger partial charge in [-0.2, -0.15) is 0 Å². The van der Waals surface area contributed by atoms with Crippen LogP contribution in [-0.2, 0) is 5.54 Å². The highest BCUT2D eigenvalue weighted by molar-refractivity contribution is 7.10. The van der Waals surface area contributed by atoms with Crippen LogP contribution in [0.25, 0.3) is 10.8 Å². The van der Waals surface area contributed by atoms with Crippen molar-refractivity contribution in [3.63, 3.8) is 0 Å². The van der Waals surface area contributed by atoms with Crippen molar-refractivity contribution in [2.45, 2.75) is 12.5 Å². The molecule has 0 spiro atoms. The van der Waals surface area contributed by atoms with E-state index in [1.165, 1.54) is 21.2 Å². The summed E-state index contributed by atoms with van der Waals surface area (Å²) in [7, 11) is 0. The molecule has 0 saturated heterocycles. The van der Waals surface area contributed by atoms with Gasteiger partial charge in [-0.15, -0.1) is 11.3 Å². The number of hydrogen-bond donors (Lipinski definition) is 1. The third-order valence-electron chi connectivity index (χ3n) is 3.38. The molecule has 0 aliphatic heterocycles. The van der Waals surface area contributed by atoms with Crippen LogP contribution in [-0.4, -0.2) is 0 Å². The van der Waals surface area contributed by atoms with E-state index in [4.69, 9.17) is 5.73 Å². The predicted octanol–water partition coefficient (Wildman–Crippen LogP) is 4.12. The van der Waals surface area contributed by atoms with Crippen LogP contribution in [0.2, 0.25) is 0 Å². The molecular weight excluding hydrogens is 238 g/mol. The number of fused-ring (bicyclic) bond motifs is 1. The molecule has 1 nitrogen and oxygen atoms in total. The van der Waals surface area contributed by atoms with Crippen molar-refractivity contribution < 1.29 is 0 Å². The van der Waals surface area contributed by atoms with Crippen LogP contribution in [0.3, 0.4) is 0 Å². The van der Waals surface area contributed by atoms with Crippen molar-refractivity contribution in [2.75, 3.05) is 0 Å². The van der Waals surface area contributed by atoms with Gasteiger partial charge < -0.3 is 5.73 Å². The van der Waals surface area contributed by atoms with E-state index in [2.05, 4.69) is 66.9 Å². The van der Waals surface area contributed by atoms with Gasteiger partial charge in [-0.3, -0.25) is 0 Å². The second kappa shape index (κ2) is 4.23. The summed E-state index contributed by atoms with van der Waals surface area (Å²) in [5, 5.41) is 4.55. The number of rotatable bonds is 2. The zero-order valence-corrected chi connectivity index (χ0v) is 11.1. The van der Waals surface area contributed by atoms with Crippen LogP contribution >= 0.6 is 11.3 Å². The lowest BCUT2D eigenvalue weighted by atomic mass is 9.87. The Kier molecular flexibility index (Phi) is 2.69. The van der Waals surface area contributed by atoms with E-state index < -0.39 is 5.54 Å². The van der Waals surface area contributed by atoms with Gasteiger partial charge in [0.15, 0.2) is 0 Å². The number of hydrogen-bond acceptors (Lipinski definition) is 2. The molecule has 1 unspecified atom stereocenters. The van der Waals surface area contributed by atoms with E-state index >= 15 is 0 Å². The van der Waals surface area contributed by atoms with Gasteiger partial charge in [-0.1, -0.05) is 48.5 Å². The van der Waals surface area contributed by atoms with Crippen LogP contribution in [0.5, 0.6) is 0 Å². The molecule has 1 atom stereocenters. The second-order valence-corrected chi connectivity index (χ2v) is 5.65. The lowest BCUT2D eigenvalue weighted by Crippen LogP contribution is -2.33. The number of thiophene rings is 1. The van der Waals surface area contributed by atoms with Gasteiger partial charge in [0.1, 0.15) is 0 Å². The first-order valence-electron chi connectivity index (χ1n) is 6.01. The Labute approximate surface area is 111 Å². The fourth-order valence-corrected chi connectivity index (χ4v) is 3.20. The van der Waals surface area contributed by atoms with Gasteiger partial charge in [0, 0.05) is 4.88 Å². The number of nitrogens with two attached hydrogens (primary N) is 1. The summed E-state index contributed by atoms with van der Waals surface area (Å²) in [5.74, 6) is 0. The number of benzene rings is 2.